The van der Waals surface area contributed by atoms with Crippen LogP contribution in [0.1, 0.15) is 38.1 Å². The average molecular weight is 346 g/mol. The Morgan fingerprint density at radius 3 is 2.56 bits per heavy atom. The Kier molecular flexibility index (Phi) is 5.56. The predicted molar refractivity (Wildman–Crippen MR) is 93.0 cm³/mol. The first-order valence-electron chi connectivity index (χ1n) is 8.11. The molecule has 0 spiro atoms. The lowest BCUT2D eigenvalue weighted by atomic mass is 10.1. The van der Waals surface area contributed by atoms with E-state index in [1.807, 2.05) is 20.8 Å². The van der Waals surface area contributed by atoms with E-state index in [0.717, 1.165) is 0 Å². The standard InChI is InChI=1S/C18H23FN4O2/c1-5-22(12-16(24)21-18(2,3)4)17(25)13-10-20-23(11-13)15-9-7-6-8-14(15)19/h6-11H,5,12H2,1-4H3,(H,21,24). The highest BCUT2D eigenvalue weighted by atomic mass is 19.1. The molecule has 0 aliphatic rings. The van der Waals surface area contributed by atoms with Gasteiger partial charge >= 0.3 is 0 Å². The van der Waals surface area contributed by atoms with Crippen LogP contribution in [0.25, 0.3) is 5.69 Å². The second kappa shape index (κ2) is 7.46. The third-order valence-corrected chi connectivity index (χ3v) is 3.45. The monoisotopic (exact) mass is 346 g/mol. The molecule has 7 heteroatoms. The molecule has 2 rings (SSSR count). The van der Waals surface area contributed by atoms with Gasteiger partial charge in [0.1, 0.15) is 11.5 Å². The predicted octanol–water partition coefficient (Wildman–Crippen LogP) is 2.39. The SMILES string of the molecule is CCN(CC(=O)NC(C)(C)C)C(=O)c1cnn(-c2ccccc2F)c1. The number of nitrogens with zero attached hydrogens (tertiary/aromatic N) is 3. The molecule has 1 aromatic heterocycles. The Labute approximate surface area is 146 Å². The lowest BCUT2D eigenvalue weighted by Gasteiger charge is -2.24. The van der Waals surface area contributed by atoms with E-state index in [2.05, 4.69) is 10.4 Å². The van der Waals surface area contributed by atoms with E-state index in [4.69, 9.17) is 0 Å². The quantitative estimate of drug-likeness (QED) is 0.904. The van der Waals surface area contributed by atoms with Crippen LogP contribution in [0.2, 0.25) is 0 Å². The van der Waals surface area contributed by atoms with Crippen molar-refractivity contribution in [1.29, 1.82) is 0 Å². The molecule has 0 bridgehead atoms. The number of nitrogens with one attached hydrogen (secondary N) is 1. The molecule has 0 saturated heterocycles. The van der Waals surface area contributed by atoms with E-state index in [1.54, 1.807) is 25.1 Å². The zero-order valence-electron chi connectivity index (χ0n) is 14.9. The lowest BCUT2D eigenvalue weighted by molar-refractivity contribution is -0.123. The first kappa shape index (κ1) is 18.6. The van der Waals surface area contributed by atoms with Crippen molar-refractivity contribution in [3.05, 3.63) is 48.0 Å². The molecule has 2 amide bonds. The molecular weight excluding hydrogens is 323 g/mol. The van der Waals surface area contributed by atoms with Crippen molar-refractivity contribution in [2.75, 3.05) is 13.1 Å². The van der Waals surface area contributed by atoms with Gasteiger partial charge in [0.2, 0.25) is 5.91 Å². The summed E-state index contributed by atoms with van der Waals surface area (Å²) in [6.07, 6.45) is 2.84. The van der Waals surface area contributed by atoms with Crippen LogP contribution in [0.4, 0.5) is 4.39 Å². The summed E-state index contributed by atoms with van der Waals surface area (Å²) >= 11 is 0. The molecule has 0 aliphatic carbocycles. The molecule has 1 aromatic carbocycles. The maximum absolute atomic E-state index is 13.8. The van der Waals surface area contributed by atoms with Crippen LogP contribution in [-0.4, -0.2) is 45.1 Å². The van der Waals surface area contributed by atoms with Crippen molar-refractivity contribution in [2.24, 2.45) is 0 Å². The maximum Gasteiger partial charge on any atom is 0.257 e. The number of rotatable bonds is 5. The van der Waals surface area contributed by atoms with Crippen molar-refractivity contribution in [3.8, 4) is 5.69 Å². The fourth-order valence-corrected chi connectivity index (χ4v) is 2.34. The highest BCUT2D eigenvalue weighted by Gasteiger charge is 2.21. The molecule has 6 nitrogen and oxygen atoms in total. The Morgan fingerprint density at radius 1 is 1.28 bits per heavy atom. The molecule has 0 unspecified atom stereocenters. The number of carbonyl (C=O) groups excluding carboxylic acids is 2. The van der Waals surface area contributed by atoms with E-state index in [-0.39, 0.29) is 29.6 Å². The van der Waals surface area contributed by atoms with Crippen LogP contribution in [0.3, 0.4) is 0 Å². The van der Waals surface area contributed by atoms with Gasteiger partial charge in [0, 0.05) is 18.3 Å². The summed E-state index contributed by atoms with van der Waals surface area (Å²) in [7, 11) is 0. The minimum atomic E-state index is -0.429. The van der Waals surface area contributed by atoms with Gasteiger partial charge in [-0.1, -0.05) is 12.1 Å². The molecule has 1 heterocycles. The maximum atomic E-state index is 13.8. The number of halogens is 1. The van der Waals surface area contributed by atoms with Gasteiger partial charge in [-0.3, -0.25) is 9.59 Å². The van der Waals surface area contributed by atoms with Crippen LogP contribution in [0, 0.1) is 5.82 Å². The molecule has 134 valence electrons. The second-order valence-corrected chi connectivity index (χ2v) is 6.74. The van der Waals surface area contributed by atoms with E-state index in [1.165, 1.54) is 28.0 Å². The summed E-state index contributed by atoms with van der Waals surface area (Å²) in [5.74, 6) is -0.986. The van der Waals surface area contributed by atoms with Crippen LogP contribution in [0.15, 0.2) is 36.7 Å². The van der Waals surface area contributed by atoms with E-state index < -0.39 is 5.82 Å². The average Bonchev–Trinajstić information content (AvgIpc) is 3.00. The summed E-state index contributed by atoms with van der Waals surface area (Å²) in [5, 5.41) is 6.88. The highest BCUT2D eigenvalue weighted by molar-refractivity contribution is 5.96. The number of likely N-dealkylation sites (N-methyl/N-ethyl adjacent to an activating group) is 1. The minimum Gasteiger partial charge on any atom is -0.350 e. The van der Waals surface area contributed by atoms with Crippen LogP contribution in [-0.2, 0) is 4.79 Å². The molecule has 25 heavy (non-hydrogen) atoms. The van der Waals surface area contributed by atoms with Crippen molar-refractivity contribution in [3.63, 3.8) is 0 Å². The largest absolute Gasteiger partial charge is 0.350 e. The van der Waals surface area contributed by atoms with Crippen molar-refractivity contribution in [2.45, 2.75) is 33.2 Å². The third kappa shape index (κ3) is 4.89. The van der Waals surface area contributed by atoms with Gasteiger partial charge < -0.3 is 10.2 Å². The lowest BCUT2D eigenvalue weighted by Crippen LogP contribution is -2.47. The molecule has 0 atom stereocenters. The number of amides is 2. The second-order valence-electron chi connectivity index (χ2n) is 6.74. The molecule has 0 aliphatic heterocycles. The van der Waals surface area contributed by atoms with Crippen LogP contribution < -0.4 is 5.32 Å². The van der Waals surface area contributed by atoms with Gasteiger partial charge in [-0.15, -0.1) is 0 Å². The summed E-state index contributed by atoms with van der Waals surface area (Å²) in [4.78, 5) is 26.1. The van der Waals surface area contributed by atoms with Crippen LogP contribution >= 0.6 is 0 Å². The summed E-state index contributed by atoms with van der Waals surface area (Å²) in [6, 6.07) is 6.18. The minimum absolute atomic E-state index is 0.0442. The smallest absolute Gasteiger partial charge is 0.257 e. The summed E-state index contributed by atoms with van der Waals surface area (Å²) in [6.45, 7) is 7.76. The third-order valence-electron chi connectivity index (χ3n) is 3.45. The van der Waals surface area contributed by atoms with Gasteiger partial charge in [-0.2, -0.15) is 5.10 Å². The Morgan fingerprint density at radius 2 is 1.96 bits per heavy atom. The van der Waals surface area contributed by atoms with E-state index >= 15 is 0 Å². The Balaban J connectivity index is 2.14. The Hall–Kier alpha value is -2.70. The summed E-state index contributed by atoms with van der Waals surface area (Å²) in [5.41, 5.74) is 0.193. The number of hydrogen-bond donors (Lipinski definition) is 1. The van der Waals surface area contributed by atoms with Gasteiger partial charge in [-0.25, -0.2) is 9.07 Å². The zero-order chi connectivity index (χ0) is 18.6. The van der Waals surface area contributed by atoms with Crippen LogP contribution in [0.5, 0.6) is 0 Å². The highest BCUT2D eigenvalue weighted by Crippen LogP contribution is 2.13. The molecule has 1 N–H and O–H groups in total. The topological polar surface area (TPSA) is 67.2 Å². The first-order chi connectivity index (χ1) is 11.7. The number of carbonyl (C=O) groups is 2. The van der Waals surface area contributed by atoms with Gasteiger partial charge in [-0.05, 0) is 39.8 Å². The van der Waals surface area contributed by atoms with Crippen molar-refractivity contribution < 1.29 is 14.0 Å². The van der Waals surface area contributed by atoms with Gasteiger partial charge in [0.05, 0.1) is 18.3 Å². The number of hydrogen-bond acceptors (Lipinski definition) is 3. The van der Waals surface area contributed by atoms with Gasteiger partial charge in [0.15, 0.2) is 0 Å². The first-order valence-corrected chi connectivity index (χ1v) is 8.11. The molecule has 2 aromatic rings. The number of para-hydroxylation sites is 1. The van der Waals surface area contributed by atoms with Crippen molar-refractivity contribution >= 4 is 11.8 Å². The molecular formula is C18H23FN4O2. The summed E-state index contributed by atoms with van der Waals surface area (Å²) < 4.78 is 15.1. The molecule has 0 saturated carbocycles. The molecule has 0 fully saturated rings. The van der Waals surface area contributed by atoms with E-state index in [0.29, 0.717) is 12.1 Å². The Bertz CT molecular complexity index is 764. The van der Waals surface area contributed by atoms with Crippen molar-refractivity contribution in [1.82, 2.24) is 20.0 Å². The fourth-order valence-electron chi connectivity index (χ4n) is 2.34. The normalized spacial score (nSPS) is 11.2. The fraction of sp³-hybridized carbons (Fsp3) is 0.389. The van der Waals surface area contributed by atoms with E-state index in [9.17, 15) is 14.0 Å². The van der Waals surface area contributed by atoms with Gasteiger partial charge in [0.25, 0.3) is 5.91 Å². The number of benzene rings is 1. The zero-order valence-corrected chi connectivity index (χ0v) is 14.9. The number of aromatic nitrogens is 2. The molecule has 0 radical (unpaired) electrons.